The SMILES string of the molecule is CC(C)(C)C1(C)CCC1.CC(C)C. The highest BCUT2D eigenvalue weighted by Crippen LogP contribution is 2.52. The standard InChI is InChI=1S/C9H18.C4H10/c1-8(2,3)9(4)6-5-7-9;1-4(2)3/h5-7H2,1-4H3;4H,1-3H3. The van der Waals surface area contributed by atoms with Crippen molar-refractivity contribution < 1.29 is 0 Å². The van der Waals surface area contributed by atoms with Crippen LogP contribution in [0.3, 0.4) is 0 Å². The van der Waals surface area contributed by atoms with E-state index in [1.807, 2.05) is 0 Å². The lowest BCUT2D eigenvalue weighted by Gasteiger charge is -2.49. The van der Waals surface area contributed by atoms with Crippen LogP contribution >= 0.6 is 0 Å². The van der Waals surface area contributed by atoms with Gasteiger partial charge in [0.2, 0.25) is 0 Å². The van der Waals surface area contributed by atoms with E-state index < -0.39 is 0 Å². The van der Waals surface area contributed by atoms with E-state index in [1.165, 1.54) is 19.3 Å². The Kier molecular flexibility index (Phi) is 4.48. The summed E-state index contributed by atoms with van der Waals surface area (Å²) in [6.45, 7) is 16.0. The monoisotopic (exact) mass is 184 g/mol. The molecule has 1 rings (SSSR count). The van der Waals surface area contributed by atoms with Crippen molar-refractivity contribution in [3.05, 3.63) is 0 Å². The lowest BCUT2D eigenvalue weighted by molar-refractivity contribution is 0.0176. The van der Waals surface area contributed by atoms with Gasteiger partial charge in [-0.25, -0.2) is 0 Å². The Morgan fingerprint density at radius 3 is 1.31 bits per heavy atom. The third-order valence-corrected chi connectivity index (χ3v) is 3.27. The second kappa shape index (κ2) is 4.48. The van der Waals surface area contributed by atoms with E-state index in [1.54, 1.807) is 0 Å². The van der Waals surface area contributed by atoms with E-state index in [-0.39, 0.29) is 0 Å². The zero-order valence-electron chi connectivity index (χ0n) is 10.7. The molecule has 1 aliphatic carbocycles. The van der Waals surface area contributed by atoms with Gasteiger partial charge in [-0.05, 0) is 29.6 Å². The molecule has 13 heavy (non-hydrogen) atoms. The van der Waals surface area contributed by atoms with Crippen molar-refractivity contribution >= 4 is 0 Å². The van der Waals surface area contributed by atoms with Crippen LogP contribution in [0, 0.1) is 16.7 Å². The van der Waals surface area contributed by atoms with Crippen molar-refractivity contribution in [2.45, 2.75) is 67.7 Å². The Balaban J connectivity index is 0.000000310. The first-order valence-electron chi connectivity index (χ1n) is 5.69. The van der Waals surface area contributed by atoms with Crippen molar-refractivity contribution in [1.82, 2.24) is 0 Å². The summed E-state index contributed by atoms with van der Waals surface area (Å²) >= 11 is 0. The van der Waals surface area contributed by atoms with E-state index in [2.05, 4.69) is 48.5 Å². The molecule has 0 aromatic heterocycles. The van der Waals surface area contributed by atoms with E-state index >= 15 is 0 Å². The fraction of sp³-hybridized carbons (Fsp3) is 1.00. The summed E-state index contributed by atoms with van der Waals surface area (Å²) in [6, 6.07) is 0. The normalized spacial score (nSPS) is 20.3. The van der Waals surface area contributed by atoms with Crippen LogP contribution < -0.4 is 0 Å². The summed E-state index contributed by atoms with van der Waals surface area (Å²) in [7, 11) is 0. The Labute approximate surface area is 85.1 Å². The lowest BCUT2D eigenvalue weighted by atomic mass is 9.56. The number of hydrogen-bond acceptors (Lipinski definition) is 0. The van der Waals surface area contributed by atoms with Crippen molar-refractivity contribution in [1.29, 1.82) is 0 Å². The molecule has 0 N–H and O–H groups in total. The molecule has 0 heterocycles. The largest absolute Gasteiger partial charge is 0.0630 e. The zero-order valence-corrected chi connectivity index (χ0v) is 10.7. The van der Waals surface area contributed by atoms with Gasteiger partial charge in [0.15, 0.2) is 0 Å². The maximum atomic E-state index is 2.41. The Morgan fingerprint density at radius 1 is 1.00 bits per heavy atom. The van der Waals surface area contributed by atoms with Crippen LogP contribution in [0.4, 0.5) is 0 Å². The van der Waals surface area contributed by atoms with Gasteiger partial charge in [-0.15, -0.1) is 0 Å². The Hall–Kier alpha value is 0. The fourth-order valence-electron chi connectivity index (χ4n) is 1.46. The molecule has 0 aliphatic heterocycles. The molecule has 0 bridgehead atoms. The molecule has 0 aromatic carbocycles. The van der Waals surface area contributed by atoms with Crippen LogP contribution in [0.1, 0.15) is 67.7 Å². The van der Waals surface area contributed by atoms with Gasteiger partial charge in [-0.2, -0.15) is 0 Å². The van der Waals surface area contributed by atoms with Gasteiger partial charge in [-0.3, -0.25) is 0 Å². The minimum atomic E-state index is 0.533. The predicted molar refractivity (Wildman–Crippen MR) is 61.9 cm³/mol. The summed E-state index contributed by atoms with van der Waals surface area (Å²) in [5.74, 6) is 0.833. The molecule has 0 unspecified atom stereocenters. The van der Waals surface area contributed by atoms with Crippen molar-refractivity contribution in [2.24, 2.45) is 16.7 Å². The second-order valence-electron chi connectivity index (χ2n) is 6.40. The second-order valence-corrected chi connectivity index (χ2v) is 6.40. The highest BCUT2D eigenvalue weighted by molar-refractivity contribution is 4.92. The topological polar surface area (TPSA) is 0 Å². The summed E-state index contributed by atoms with van der Waals surface area (Å²) < 4.78 is 0. The third kappa shape index (κ3) is 4.15. The lowest BCUT2D eigenvalue weighted by Crippen LogP contribution is -2.38. The third-order valence-electron chi connectivity index (χ3n) is 3.27. The summed E-state index contributed by atoms with van der Waals surface area (Å²) in [4.78, 5) is 0. The van der Waals surface area contributed by atoms with Crippen molar-refractivity contribution in [3.8, 4) is 0 Å². The average molecular weight is 184 g/mol. The molecule has 0 spiro atoms. The summed E-state index contributed by atoms with van der Waals surface area (Å²) in [5.41, 5.74) is 1.19. The first-order chi connectivity index (χ1) is 5.69. The molecule has 0 saturated heterocycles. The van der Waals surface area contributed by atoms with Gasteiger partial charge in [0.05, 0.1) is 0 Å². The Bertz CT molecular complexity index is 130. The van der Waals surface area contributed by atoms with Crippen LogP contribution in [-0.2, 0) is 0 Å². The van der Waals surface area contributed by atoms with Gasteiger partial charge >= 0.3 is 0 Å². The predicted octanol–water partition coefficient (Wildman–Crippen LogP) is 4.89. The van der Waals surface area contributed by atoms with E-state index in [9.17, 15) is 0 Å². The van der Waals surface area contributed by atoms with E-state index in [0.29, 0.717) is 10.8 Å². The molecule has 0 atom stereocenters. The minimum Gasteiger partial charge on any atom is -0.0630 e. The first-order valence-corrected chi connectivity index (χ1v) is 5.69. The summed E-state index contributed by atoms with van der Waals surface area (Å²) in [5, 5.41) is 0. The van der Waals surface area contributed by atoms with Gasteiger partial charge in [-0.1, -0.05) is 54.9 Å². The fourth-order valence-corrected chi connectivity index (χ4v) is 1.46. The molecule has 0 nitrogen and oxygen atoms in total. The molecule has 0 amide bonds. The molecule has 1 aliphatic rings. The molecule has 0 heteroatoms. The molecule has 0 radical (unpaired) electrons. The first kappa shape index (κ1) is 13.0. The summed E-state index contributed by atoms with van der Waals surface area (Å²) in [6.07, 6.45) is 4.33. The van der Waals surface area contributed by atoms with Crippen LogP contribution in [0.15, 0.2) is 0 Å². The smallest absolute Gasteiger partial charge is 0.0277 e. The molecule has 1 saturated carbocycles. The van der Waals surface area contributed by atoms with E-state index in [4.69, 9.17) is 0 Å². The van der Waals surface area contributed by atoms with Gasteiger partial charge in [0.1, 0.15) is 0 Å². The van der Waals surface area contributed by atoms with Crippen LogP contribution in [0.5, 0.6) is 0 Å². The van der Waals surface area contributed by atoms with Crippen LogP contribution in [0.2, 0.25) is 0 Å². The highest BCUT2D eigenvalue weighted by Gasteiger charge is 2.41. The molecule has 1 fully saturated rings. The van der Waals surface area contributed by atoms with Crippen molar-refractivity contribution in [2.75, 3.05) is 0 Å². The number of hydrogen-bond donors (Lipinski definition) is 0. The maximum absolute atomic E-state index is 2.41. The van der Waals surface area contributed by atoms with Gasteiger partial charge in [0, 0.05) is 0 Å². The average Bonchev–Trinajstić information content (AvgIpc) is 1.78. The molecular weight excluding hydrogens is 156 g/mol. The minimum absolute atomic E-state index is 0.533. The maximum Gasteiger partial charge on any atom is -0.0277 e. The molecule has 0 aromatic rings. The van der Waals surface area contributed by atoms with Crippen molar-refractivity contribution in [3.63, 3.8) is 0 Å². The zero-order chi connectivity index (χ0) is 10.7. The molecular formula is C13H28. The number of rotatable bonds is 0. The van der Waals surface area contributed by atoms with Crippen LogP contribution in [-0.4, -0.2) is 0 Å². The molecule has 80 valence electrons. The highest BCUT2D eigenvalue weighted by atomic mass is 14.5. The van der Waals surface area contributed by atoms with E-state index in [0.717, 1.165) is 5.92 Å². The van der Waals surface area contributed by atoms with Gasteiger partial charge in [0.25, 0.3) is 0 Å². The quantitative estimate of drug-likeness (QED) is 0.503. The van der Waals surface area contributed by atoms with Crippen LogP contribution in [0.25, 0.3) is 0 Å². The van der Waals surface area contributed by atoms with Gasteiger partial charge < -0.3 is 0 Å². The Morgan fingerprint density at radius 2 is 1.31 bits per heavy atom.